The molecule has 3 unspecified atom stereocenters. The van der Waals surface area contributed by atoms with Gasteiger partial charge in [-0.15, -0.1) is 11.8 Å². The number of rotatable bonds is 8. The van der Waals surface area contributed by atoms with Crippen molar-refractivity contribution >= 4 is 23.6 Å². The number of nitrogens with zero attached hydrogens (tertiary/aromatic N) is 2. The minimum absolute atomic E-state index is 0.342. The molecule has 2 rings (SSSR count). The second kappa shape index (κ2) is 10.3. The highest BCUT2D eigenvalue weighted by Gasteiger charge is 2.34. The first kappa shape index (κ1) is 22.0. The molecule has 1 aliphatic rings. The number of carbonyl (C=O) groups excluding carboxylic acids is 2. The van der Waals surface area contributed by atoms with Gasteiger partial charge in [0.15, 0.2) is 6.10 Å². The average Bonchev–Trinajstić information content (AvgIpc) is 3.13. The molecule has 1 heterocycles. The summed E-state index contributed by atoms with van der Waals surface area (Å²) in [7, 11) is 1.72. The van der Waals surface area contributed by atoms with Crippen molar-refractivity contribution in [2.75, 3.05) is 19.5 Å². The predicted octanol–water partition coefficient (Wildman–Crippen LogP) is 1.98. The van der Waals surface area contributed by atoms with Crippen molar-refractivity contribution in [2.45, 2.75) is 37.7 Å². The van der Waals surface area contributed by atoms with E-state index >= 15 is 0 Å². The number of aliphatic hydroxyl groups is 1. The lowest BCUT2D eigenvalue weighted by Crippen LogP contribution is -2.53. The smallest absolute Gasteiger partial charge is 0.267 e. The molecule has 3 atom stereocenters. The van der Waals surface area contributed by atoms with Gasteiger partial charge in [-0.1, -0.05) is 49.9 Å². The van der Waals surface area contributed by atoms with E-state index in [0.717, 1.165) is 5.56 Å². The zero-order chi connectivity index (χ0) is 20.7. The van der Waals surface area contributed by atoms with E-state index in [1.54, 1.807) is 41.6 Å². The maximum absolute atomic E-state index is 12.8. The van der Waals surface area contributed by atoms with Crippen LogP contribution in [-0.4, -0.2) is 63.6 Å². The van der Waals surface area contributed by atoms with Crippen molar-refractivity contribution in [3.63, 3.8) is 0 Å². The Morgan fingerprint density at radius 3 is 2.64 bits per heavy atom. The number of benzene rings is 1. The summed E-state index contributed by atoms with van der Waals surface area (Å²) in [5.41, 5.74) is 1.33. The molecule has 0 aromatic heterocycles. The monoisotopic (exact) mass is 403 g/mol. The minimum atomic E-state index is -1.32. The highest BCUT2D eigenvalue weighted by Crippen LogP contribution is 2.23. The van der Waals surface area contributed by atoms with Crippen LogP contribution in [0.2, 0.25) is 0 Å². The van der Waals surface area contributed by atoms with Crippen LogP contribution in [0.3, 0.4) is 0 Å². The molecule has 0 bridgehead atoms. The van der Waals surface area contributed by atoms with E-state index in [0.29, 0.717) is 29.8 Å². The Hall–Kier alpha value is -2.25. The molecule has 0 radical (unpaired) electrons. The third-order valence-electron chi connectivity index (χ3n) is 4.71. The molecule has 152 valence electrons. The van der Waals surface area contributed by atoms with Crippen molar-refractivity contribution in [3.8, 4) is 0 Å². The van der Waals surface area contributed by atoms with Crippen LogP contribution in [0.5, 0.6) is 0 Å². The molecule has 1 saturated heterocycles. The van der Waals surface area contributed by atoms with Crippen molar-refractivity contribution in [3.05, 3.63) is 60.4 Å². The number of hydrogen-bond acceptors (Lipinski definition) is 5. The van der Waals surface area contributed by atoms with Crippen LogP contribution < -0.4 is 5.32 Å². The number of hydrogen-bond donors (Lipinski definition) is 2. The molecule has 28 heavy (non-hydrogen) atoms. The van der Waals surface area contributed by atoms with Gasteiger partial charge in [-0.2, -0.15) is 0 Å². The van der Waals surface area contributed by atoms with Gasteiger partial charge < -0.3 is 20.2 Å². The number of thioether (sulfide) groups is 1. The van der Waals surface area contributed by atoms with E-state index in [9.17, 15) is 14.7 Å². The lowest BCUT2D eigenvalue weighted by Gasteiger charge is -2.28. The van der Waals surface area contributed by atoms with Crippen LogP contribution in [0.15, 0.2) is 54.9 Å². The molecule has 2 N–H and O–H groups in total. The first-order chi connectivity index (χ1) is 13.4. The Kier molecular flexibility index (Phi) is 8.14. The van der Waals surface area contributed by atoms with E-state index < -0.39 is 12.1 Å². The molecule has 7 heteroatoms. The van der Waals surface area contributed by atoms with Gasteiger partial charge in [0.05, 0.1) is 11.9 Å². The highest BCUT2D eigenvalue weighted by molar-refractivity contribution is 8.00. The van der Waals surface area contributed by atoms with Crippen molar-refractivity contribution in [1.82, 2.24) is 15.1 Å². The quantitative estimate of drug-likeness (QED) is 0.650. The molecular formula is C21H29N3O3S. The van der Waals surface area contributed by atoms with Crippen molar-refractivity contribution in [2.24, 2.45) is 0 Å². The van der Waals surface area contributed by atoms with Gasteiger partial charge in [-0.05, 0) is 25.1 Å². The van der Waals surface area contributed by atoms with E-state index in [-0.39, 0.29) is 11.8 Å². The molecule has 0 saturated carbocycles. The molecular weight excluding hydrogens is 374 g/mol. The summed E-state index contributed by atoms with van der Waals surface area (Å²) in [4.78, 5) is 28.8. The molecule has 1 aromatic rings. The van der Waals surface area contributed by atoms with Crippen LogP contribution in [-0.2, 0) is 16.0 Å². The summed E-state index contributed by atoms with van der Waals surface area (Å²) >= 11 is 1.68. The normalized spacial score (nSPS) is 19.1. The summed E-state index contributed by atoms with van der Waals surface area (Å²) in [5.74, 6) is -0.151. The van der Waals surface area contributed by atoms with Crippen LogP contribution in [0, 0.1) is 0 Å². The standard InChI is InChI=1S/C21H29N3O3S/c1-5-18(23(4)6-2)20(26)22-17(12-16-10-8-7-9-11-16)19(25)21(27)24-13-15(3)28-14-24/h5-11,15,17,19,25H,2,12-14H2,1,3-4H3,(H,22,26)/b18-5-. The average molecular weight is 404 g/mol. The Bertz CT molecular complexity index is 723. The molecule has 1 aromatic carbocycles. The van der Waals surface area contributed by atoms with Gasteiger partial charge in [0.25, 0.3) is 11.8 Å². The lowest BCUT2D eigenvalue weighted by atomic mass is 10.00. The van der Waals surface area contributed by atoms with E-state index in [2.05, 4.69) is 18.8 Å². The Morgan fingerprint density at radius 1 is 1.43 bits per heavy atom. The Balaban J connectivity index is 2.19. The van der Waals surface area contributed by atoms with Crippen LogP contribution in [0.4, 0.5) is 0 Å². The van der Waals surface area contributed by atoms with Gasteiger partial charge in [0.1, 0.15) is 5.70 Å². The fourth-order valence-electron chi connectivity index (χ4n) is 3.09. The fourth-order valence-corrected chi connectivity index (χ4v) is 4.04. The lowest BCUT2D eigenvalue weighted by molar-refractivity contribution is -0.140. The van der Waals surface area contributed by atoms with Gasteiger partial charge in [-0.25, -0.2) is 0 Å². The van der Waals surface area contributed by atoms with Gasteiger partial charge in [0, 0.05) is 18.8 Å². The van der Waals surface area contributed by atoms with E-state index in [1.165, 1.54) is 6.20 Å². The summed E-state index contributed by atoms with van der Waals surface area (Å²) in [6, 6.07) is 8.77. The summed E-state index contributed by atoms with van der Waals surface area (Å²) < 4.78 is 0. The summed E-state index contributed by atoms with van der Waals surface area (Å²) in [6.07, 6.45) is 2.24. The predicted molar refractivity (Wildman–Crippen MR) is 113 cm³/mol. The Labute approximate surface area is 171 Å². The van der Waals surface area contributed by atoms with Gasteiger partial charge in [0.2, 0.25) is 0 Å². The molecule has 2 amide bonds. The number of allylic oxidation sites excluding steroid dienone is 1. The largest absolute Gasteiger partial charge is 0.381 e. The molecule has 0 aliphatic carbocycles. The first-order valence-corrected chi connectivity index (χ1v) is 10.4. The topological polar surface area (TPSA) is 72.9 Å². The summed E-state index contributed by atoms with van der Waals surface area (Å²) in [5, 5.41) is 14.0. The maximum Gasteiger partial charge on any atom is 0.267 e. The minimum Gasteiger partial charge on any atom is -0.381 e. The van der Waals surface area contributed by atoms with Gasteiger partial charge in [-0.3, -0.25) is 9.59 Å². The second-order valence-corrected chi connectivity index (χ2v) is 8.25. The fraction of sp³-hybridized carbons (Fsp3) is 0.429. The second-order valence-electron chi connectivity index (χ2n) is 6.85. The third kappa shape index (κ3) is 5.62. The zero-order valence-electron chi connectivity index (χ0n) is 16.7. The van der Waals surface area contributed by atoms with E-state index in [4.69, 9.17) is 0 Å². The zero-order valence-corrected chi connectivity index (χ0v) is 17.5. The number of aliphatic hydroxyl groups excluding tert-OH is 1. The maximum atomic E-state index is 12.8. The van der Waals surface area contributed by atoms with Gasteiger partial charge >= 0.3 is 0 Å². The summed E-state index contributed by atoms with van der Waals surface area (Å²) in [6.45, 7) is 8.09. The van der Waals surface area contributed by atoms with Crippen LogP contribution in [0.1, 0.15) is 19.4 Å². The number of nitrogens with one attached hydrogen (secondary N) is 1. The molecule has 1 aliphatic heterocycles. The molecule has 1 fully saturated rings. The number of likely N-dealkylation sites (N-methyl/N-ethyl adjacent to an activating group) is 1. The number of carbonyl (C=O) groups is 2. The third-order valence-corrected chi connectivity index (χ3v) is 5.89. The first-order valence-electron chi connectivity index (χ1n) is 9.32. The highest BCUT2D eigenvalue weighted by atomic mass is 32.2. The number of amides is 2. The van der Waals surface area contributed by atoms with Crippen molar-refractivity contribution < 1.29 is 14.7 Å². The SMILES string of the molecule is C=CN(C)/C(=C\C)C(=O)NC(Cc1ccccc1)C(O)C(=O)N1CSC(C)C1. The Morgan fingerprint density at radius 2 is 2.11 bits per heavy atom. The molecule has 6 nitrogen and oxygen atoms in total. The van der Waals surface area contributed by atoms with Crippen LogP contribution in [0.25, 0.3) is 0 Å². The van der Waals surface area contributed by atoms with Crippen LogP contribution >= 0.6 is 11.8 Å². The van der Waals surface area contributed by atoms with Crippen molar-refractivity contribution in [1.29, 1.82) is 0 Å². The molecule has 0 spiro atoms. The van der Waals surface area contributed by atoms with E-state index in [1.807, 2.05) is 30.3 Å².